The summed E-state index contributed by atoms with van der Waals surface area (Å²) in [5.41, 5.74) is 1.57. The van der Waals surface area contributed by atoms with Crippen LogP contribution in [0.15, 0.2) is 39.5 Å². The Morgan fingerprint density at radius 1 is 1.28 bits per heavy atom. The third-order valence-electron chi connectivity index (χ3n) is 5.15. The van der Waals surface area contributed by atoms with E-state index in [0.717, 1.165) is 24.9 Å². The molecule has 1 aliphatic rings. The summed E-state index contributed by atoms with van der Waals surface area (Å²) in [4.78, 5) is 19.4. The molecular weight excluding hydrogens is 390 g/mol. The van der Waals surface area contributed by atoms with E-state index in [1.165, 1.54) is 0 Å². The number of aromatic nitrogens is 2. The highest BCUT2D eigenvalue weighted by Gasteiger charge is 2.27. The minimum Gasteiger partial charge on any atom is -0.493 e. The molecule has 152 valence electrons. The second kappa shape index (κ2) is 8.65. The number of carbonyl (C=O) groups is 1. The Morgan fingerprint density at radius 2 is 2.14 bits per heavy atom. The fourth-order valence-electron chi connectivity index (χ4n) is 3.66. The summed E-state index contributed by atoms with van der Waals surface area (Å²) >= 11 is 1.60. The maximum absolute atomic E-state index is 13.0. The summed E-state index contributed by atoms with van der Waals surface area (Å²) in [6.45, 7) is 1.41. The smallest absolute Gasteiger partial charge is 0.254 e. The Bertz CT molecular complexity index is 970. The van der Waals surface area contributed by atoms with Gasteiger partial charge in [-0.2, -0.15) is 16.3 Å². The van der Waals surface area contributed by atoms with Gasteiger partial charge in [-0.1, -0.05) is 5.16 Å². The van der Waals surface area contributed by atoms with Crippen LogP contribution in [0.1, 0.15) is 29.1 Å². The molecule has 1 unspecified atom stereocenters. The number of carbonyl (C=O) groups excluding carboxylic acids is 1. The van der Waals surface area contributed by atoms with Gasteiger partial charge >= 0.3 is 0 Å². The van der Waals surface area contributed by atoms with Crippen molar-refractivity contribution in [1.82, 2.24) is 15.0 Å². The molecule has 1 fully saturated rings. The first kappa shape index (κ1) is 19.4. The average Bonchev–Trinajstić information content (AvgIpc) is 3.45. The summed E-state index contributed by atoms with van der Waals surface area (Å²) in [5, 5.41) is 8.06. The molecule has 1 aromatic carbocycles. The number of hydrogen-bond donors (Lipinski definition) is 0. The van der Waals surface area contributed by atoms with Gasteiger partial charge in [-0.25, -0.2) is 0 Å². The molecule has 29 heavy (non-hydrogen) atoms. The number of hydrogen-bond acceptors (Lipinski definition) is 7. The van der Waals surface area contributed by atoms with Crippen LogP contribution in [-0.4, -0.2) is 48.3 Å². The van der Waals surface area contributed by atoms with Crippen LogP contribution < -0.4 is 9.47 Å². The fourth-order valence-corrected chi connectivity index (χ4v) is 4.30. The second-order valence-corrected chi connectivity index (χ2v) is 7.84. The van der Waals surface area contributed by atoms with Gasteiger partial charge in [0.15, 0.2) is 11.5 Å². The normalized spacial score (nSPS) is 16.6. The molecule has 2 aromatic heterocycles. The van der Waals surface area contributed by atoms with Gasteiger partial charge in [-0.3, -0.25) is 4.79 Å². The van der Waals surface area contributed by atoms with E-state index in [-0.39, 0.29) is 5.91 Å². The number of ether oxygens (including phenoxy) is 2. The van der Waals surface area contributed by atoms with Crippen molar-refractivity contribution in [1.29, 1.82) is 0 Å². The molecule has 0 aliphatic carbocycles. The molecule has 0 spiro atoms. The van der Waals surface area contributed by atoms with Crippen LogP contribution in [0.5, 0.6) is 11.5 Å². The van der Waals surface area contributed by atoms with Crippen LogP contribution in [0.3, 0.4) is 0 Å². The van der Waals surface area contributed by atoms with E-state index in [2.05, 4.69) is 10.1 Å². The third kappa shape index (κ3) is 4.27. The van der Waals surface area contributed by atoms with Crippen molar-refractivity contribution in [2.24, 2.45) is 5.92 Å². The molecule has 1 saturated heterocycles. The van der Waals surface area contributed by atoms with E-state index < -0.39 is 0 Å². The van der Waals surface area contributed by atoms with Crippen molar-refractivity contribution in [3.63, 3.8) is 0 Å². The minimum absolute atomic E-state index is 0.000134. The molecule has 4 rings (SSSR count). The van der Waals surface area contributed by atoms with Crippen molar-refractivity contribution in [2.75, 3.05) is 27.3 Å². The number of piperidine rings is 1. The molecule has 1 amide bonds. The summed E-state index contributed by atoms with van der Waals surface area (Å²) in [7, 11) is 3.15. The van der Waals surface area contributed by atoms with Gasteiger partial charge in [0.05, 0.1) is 14.2 Å². The van der Waals surface area contributed by atoms with Crippen LogP contribution in [0, 0.1) is 5.92 Å². The standard InChI is InChI=1S/C21H23N3O4S/c1-26-17-6-5-15(11-18(17)27-2)21(25)24-8-3-4-14(12-24)10-19-22-20(23-28-19)16-7-9-29-13-16/h5-7,9,11,13-14H,3-4,8,10,12H2,1-2H3. The van der Waals surface area contributed by atoms with Crippen LogP contribution in [0.2, 0.25) is 0 Å². The summed E-state index contributed by atoms with van der Waals surface area (Å²) in [5.74, 6) is 2.70. The van der Waals surface area contributed by atoms with Crippen LogP contribution >= 0.6 is 11.3 Å². The van der Waals surface area contributed by atoms with Gasteiger partial charge in [-0.15, -0.1) is 0 Å². The molecule has 0 radical (unpaired) electrons. The molecule has 3 aromatic rings. The van der Waals surface area contributed by atoms with Gasteiger partial charge in [0, 0.05) is 36.0 Å². The van der Waals surface area contributed by atoms with Gasteiger partial charge < -0.3 is 18.9 Å². The highest BCUT2D eigenvalue weighted by molar-refractivity contribution is 7.08. The van der Waals surface area contributed by atoms with Crippen LogP contribution in [0.4, 0.5) is 0 Å². The topological polar surface area (TPSA) is 77.7 Å². The Morgan fingerprint density at radius 3 is 2.90 bits per heavy atom. The lowest BCUT2D eigenvalue weighted by Gasteiger charge is -2.32. The van der Waals surface area contributed by atoms with Crippen LogP contribution in [0.25, 0.3) is 11.4 Å². The first-order valence-electron chi connectivity index (χ1n) is 9.54. The lowest BCUT2D eigenvalue weighted by molar-refractivity contribution is 0.0667. The molecule has 1 atom stereocenters. The Balaban J connectivity index is 1.42. The number of benzene rings is 1. The highest BCUT2D eigenvalue weighted by Crippen LogP contribution is 2.29. The van der Waals surface area contributed by atoms with E-state index in [1.54, 1.807) is 43.8 Å². The highest BCUT2D eigenvalue weighted by atomic mass is 32.1. The zero-order valence-corrected chi connectivity index (χ0v) is 17.3. The van der Waals surface area contributed by atoms with Crippen molar-refractivity contribution < 1.29 is 18.8 Å². The second-order valence-electron chi connectivity index (χ2n) is 7.06. The fraction of sp³-hybridized carbons (Fsp3) is 0.381. The Kier molecular flexibility index (Phi) is 5.80. The monoisotopic (exact) mass is 413 g/mol. The number of nitrogens with zero attached hydrogens (tertiary/aromatic N) is 3. The van der Waals surface area contributed by atoms with Crippen molar-refractivity contribution in [3.05, 3.63) is 46.5 Å². The maximum atomic E-state index is 13.0. The molecule has 8 heteroatoms. The molecule has 7 nitrogen and oxygen atoms in total. The van der Waals surface area contributed by atoms with Crippen molar-refractivity contribution in [2.45, 2.75) is 19.3 Å². The first-order chi connectivity index (χ1) is 14.2. The third-order valence-corrected chi connectivity index (χ3v) is 5.83. The summed E-state index contributed by atoms with van der Waals surface area (Å²) < 4.78 is 16.0. The molecular formula is C21H23N3O4S. The van der Waals surface area contributed by atoms with E-state index >= 15 is 0 Å². The SMILES string of the molecule is COc1ccc(C(=O)N2CCCC(Cc3nc(-c4ccsc4)no3)C2)cc1OC. The zero-order valence-electron chi connectivity index (χ0n) is 16.5. The molecule has 1 aliphatic heterocycles. The van der Waals surface area contributed by atoms with E-state index in [9.17, 15) is 4.79 Å². The predicted octanol–water partition coefficient (Wildman–Crippen LogP) is 3.91. The molecule has 3 heterocycles. The lowest BCUT2D eigenvalue weighted by Crippen LogP contribution is -2.40. The average molecular weight is 413 g/mol. The van der Waals surface area contributed by atoms with E-state index in [0.29, 0.717) is 47.7 Å². The number of amides is 1. The Labute approximate surface area is 173 Å². The molecule has 0 N–H and O–H groups in total. The van der Waals surface area contributed by atoms with Gasteiger partial charge in [0.1, 0.15) is 0 Å². The van der Waals surface area contributed by atoms with E-state index in [4.69, 9.17) is 14.0 Å². The van der Waals surface area contributed by atoms with Gasteiger partial charge in [0.2, 0.25) is 11.7 Å². The van der Waals surface area contributed by atoms with Crippen molar-refractivity contribution >= 4 is 17.2 Å². The number of likely N-dealkylation sites (tertiary alicyclic amines) is 1. The zero-order chi connectivity index (χ0) is 20.2. The van der Waals surface area contributed by atoms with Gasteiger partial charge in [0.25, 0.3) is 5.91 Å². The molecule has 0 bridgehead atoms. The lowest BCUT2D eigenvalue weighted by atomic mass is 9.94. The number of rotatable bonds is 6. The quantitative estimate of drug-likeness (QED) is 0.610. The summed E-state index contributed by atoms with van der Waals surface area (Å²) in [6.07, 6.45) is 2.66. The minimum atomic E-state index is 0.000134. The van der Waals surface area contributed by atoms with Gasteiger partial charge in [-0.05, 0) is 48.4 Å². The maximum Gasteiger partial charge on any atom is 0.254 e. The Hall–Kier alpha value is -2.87. The van der Waals surface area contributed by atoms with Crippen LogP contribution in [-0.2, 0) is 6.42 Å². The predicted molar refractivity (Wildman–Crippen MR) is 109 cm³/mol. The van der Waals surface area contributed by atoms with Crippen molar-refractivity contribution in [3.8, 4) is 22.9 Å². The number of methoxy groups -OCH3 is 2. The molecule has 0 saturated carbocycles. The number of thiophene rings is 1. The largest absolute Gasteiger partial charge is 0.493 e. The first-order valence-corrected chi connectivity index (χ1v) is 10.5. The van der Waals surface area contributed by atoms with E-state index in [1.807, 2.05) is 21.7 Å². The summed E-state index contributed by atoms with van der Waals surface area (Å²) in [6, 6.07) is 7.25.